The SMILES string of the molecule is O=C(OCC(O)CO)C(CC(O)CO)C(CC(O)CO)C(CC(O)CO)C(CC(O)CO)C(CCCCCCCCCCCC(O)CO)CC(O)CO. The van der Waals surface area contributed by atoms with Gasteiger partial charge in [-0.05, 0) is 62.2 Å². The zero-order valence-corrected chi connectivity index (χ0v) is 31.5. The van der Waals surface area contributed by atoms with Gasteiger partial charge in [0.2, 0.25) is 0 Å². The second-order valence-corrected chi connectivity index (χ2v) is 14.8. The van der Waals surface area contributed by atoms with Gasteiger partial charge in [-0.25, -0.2) is 0 Å². The fourth-order valence-electron chi connectivity index (χ4n) is 7.38. The van der Waals surface area contributed by atoms with Crippen molar-refractivity contribution in [2.45, 2.75) is 145 Å². The molecular formula is C37H74O16. The molecule has 0 heterocycles. The van der Waals surface area contributed by atoms with Gasteiger partial charge < -0.3 is 76.2 Å². The molecule has 0 bridgehead atoms. The van der Waals surface area contributed by atoms with Crippen molar-refractivity contribution >= 4 is 5.97 Å². The molecule has 0 aromatic rings. The van der Waals surface area contributed by atoms with Crippen LogP contribution >= 0.6 is 0 Å². The van der Waals surface area contributed by atoms with Crippen LogP contribution in [0.5, 0.6) is 0 Å². The molecule has 0 radical (unpaired) electrons. The Kier molecular flexibility index (Phi) is 31.4. The number of aliphatic hydroxyl groups excluding tert-OH is 14. The van der Waals surface area contributed by atoms with E-state index in [1.165, 1.54) is 0 Å². The zero-order chi connectivity index (χ0) is 40.2. The zero-order valence-electron chi connectivity index (χ0n) is 31.5. The largest absolute Gasteiger partial charge is 0.463 e. The van der Waals surface area contributed by atoms with E-state index in [9.17, 15) is 71.2 Å². The first-order valence-electron chi connectivity index (χ1n) is 19.5. The molecule has 0 aliphatic heterocycles. The van der Waals surface area contributed by atoms with E-state index < -0.39 is 131 Å². The Hall–Kier alpha value is -1.09. The smallest absolute Gasteiger partial charge is 0.309 e. The number of esters is 1. The van der Waals surface area contributed by atoms with Crippen molar-refractivity contribution in [3.8, 4) is 0 Å². The highest BCUT2D eigenvalue weighted by Crippen LogP contribution is 2.45. The Balaban J connectivity index is 6.53. The van der Waals surface area contributed by atoms with Crippen LogP contribution in [0, 0.1) is 29.6 Å². The molecule has 12 atom stereocenters. The van der Waals surface area contributed by atoms with E-state index in [4.69, 9.17) is 9.84 Å². The predicted molar refractivity (Wildman–Crippen MR) is 194 cm³/mol. The second kappa shape index (κ2) is 32.0. The van der Waals surface area contributed by atoms with Crippen molar-refractivity contribution in [1.29, 1.82) is 0 Å². The van der Waals surface area contributed by atoms with Crippen LogP contribution in [0.1, 0.15) is 103 Å². The summed E-state index contributed by atoms with van der Waals surface area (Å²) in [6, 6.07) is 0. The second-order valence-electron chi connectivity index (χ2n) is 14.8. The maximum Gasteiger partial charge on any atom is 0.309 e. The minimum atomic E-state index is -1.46. The lowest BCUT2D eigenvalue weighted by molar-refractivity contribution is -0.159. The van der Waals surface area contributed by atoms with Gasteiger partial charge >= 0.3 is 5.97 Å². The van der Waals surface area contributed by atoms with Crippen LogP contribution in [0.3, 0.4) is 0 Å². The molecule has 0 saturated carbocycles. The van der Waals surface area contributed by atoms with E-state index in [-0.39, 0.29) is 32.3 Å². The van der Waals surface area contributed by atoms with Crippen LogP contribution in [-0.2, 0) is 9.53 Å². The van der Waals surface area contributed by atoms with Crippen molar-refractivity contribution in [2.24, 2.45) is 29.6 Å². The quantitative estimate of drug-likeness (QED) is 0.0250. The monoisotopic (exact) mass is 774 g/mol. The van der Waals surface area contributed by atoms with Crippen molar-refractivity contribution < 1.29 is 81.0 Å². The normalized spacial score (nSPS) is 19.0. The first kappa shape index (κ1) is 51.9. The number of aliphatic hydroxyl groups is 14. The van der Waals surface area contributed by atoms with Gasteiger partial charge in [0, 0.05) is 0 Å². The minimum Gasteiger partial charge on any atom is -0.463 e. The molecule has 53 heavy (non-hydrogen) atoms. The third-order valence-corrected chi connectivity index (χ3v) is 10.3. The lowest BCUT2D eigenvalue weighted by atomic mass is 9.63. The number of unbranched alkanes of at least 4 members (excludes halogenated alkanes) is 8. The first-order valence-corrected chi connectivity index (χ1v) is 19.5. The summed E-state index contributed by atoms with van der Waals surface area (Å²) in [5, 5.41) is 140. The molecule has 0 rings (SSSR count). The van der Waals surface area contributed by atoms with E-state index in [1.807, 2.05) is 0 Å². The Morgan fingerprint density at radius 3 is 1.19 bits per heavy atom. The Morgan fingerprint density at radius 1 is 0.377 bits per heavy atom. The maximum atomic E-state index is 13.6. The van der Waals surface area contributed by atoms with Crippen molar-refractivity contribution in [3.05, 3.63) is 0 Å². The molecule has 0 saturated heterocycles. The average molecular weight is 775 g/mol. The van der Waals surface area contributed by atoms with E-state index in [0.29, 0.717) is 19.3 Å². The van der Waals surface area contributed by atoms with Crippen molar-refractivity contribution in [2.75, 3.05) is 52.9 Å². The summed E-state index contributed by atoms with van der Waals surface area (Å²) >= 11 is 0. The number of rotatable bonds is 36. The van der Waals surface area contributed by atoms with E-state index in [0.717, 1.165) is 51.4 Å². The van der Waals surface area contributed by atoms with Crippen LogP contribution < -0.4 is 0 Å². The molecule has 0 fully saturated rings. The predicted octanol–water partition coefficient (Wildman–Crippen LogP) is -1.68. The number of ether oxygens (including phenoxy) is 1. The molecule has 12 unspecified atom stereocenters. The summed E-state index contributed by atoms with van der Waals surface area (Å²) in [7, 11) is 0. The molecule has 0 aliphatic carbocycles. The molecule has 16 heteroatoms. The standard InChI is InChI=1S/C37H74O16/c38-17-26(45)11-9-7-5-3-1-2-4-6-8-10-25(12-27(46)18-39)33(13-28(47)19-40)34(14-29(48)20-41)35(15-30(49)21-42)36(16-31(50)22-43)37(52)53-24-32(51)23-44/h25-36,38-51H,1-24H2. The van der Waals surface area contributed by atoms with E-state index in [1.54, 1.807) is 0 Å². The molecule has 0 aromatic carbocycles. The van der Waals surface area contributed by atoms with Gasteiger partial charge in [-0.2, -0.15) is 0 Å². The lowest BCUT2D eigenvalue weighted by Gasteiger charge is -2.43. The Morgan fingerprint density at radius 2 is 0.736 bits per heavy atom. The highest BCUT2D eigenvalue weighted by Gasteiger charge is 2.44. The fraction of sp³-hybridized carbons (Fsp3) is 0.973. The van der Waals surface area contributed by atoms with E-state index in [2.05, 4.69) is 0 Å². The van der Waals surface area contributed by atoms with E-state index >= 15 is 0 Å². The van der Waals surface area contributed by atoms with Crippen molar-refractivity contribution in [1.82, 2.24) is 0 Å². The number of carbonyl (C=O) groups is 1. The minimum absolute atomic E-state index is 0.0301. The first-order chi connectivity index (χ1) is 25.3. The molecular weight excluding hydrogens is 700 g/mol. The Bertz CT molecular complexity index is 856. The van der Waals surface area contributed by atoms with Gasteiger partial charge in [0.15, 0.2) is 0 Å². The topological polar surface area (TPSA) is 310 Å². The molecule has 0 amide bonds. The molecule has 318 valence electrons. The summed E-state index contributed by atoms with van der Waals surface area (Å²) < 4.78 is 5.28. The molecule has 16 nitrogen and oxygen atoms in total. The number of hydrogen-bond acceptors (Lipinski definition) is 16. The summed E-state index contributed by atoms with van der Waals surface area (Å²) in [5.41, 5.74) is 0. The third kappa shape index (κ3) is 23.6. The van der Waals surface area contributed by atoms with Gasteiger partial charge in [0.05, 0.1) is 88.8 Å². The van der Waals surface area contributed by atoms with Gasteiger partial charge in [-0.1, -0.05) is 64.2 Å². The Labute approximate surface area is 314 Å². The van der Waals surface area contributed by atoms with Gasteiger partial charge in [-0.3, -0.25) is 4.79 Å². The third-order valence-electron chi connectivity index (χ3n) is 10.3. The van der Waals surface area contributed by atoms with Crippen LogP contribution in [0.2, 0.25) is 0 Å². The average Bonchev–Trinajstić information content (AvgIpc) is 3.16. The summed E-state index contributed by atoms with van der Waals surface area (Å²) in [4.78, 5) is 13.6. The van der Waals surface area contributed by atoms with Crippen LogP contribution in [0.25, 0.3) is 0 Å². The molecule has 0 aliphatic rings. The van der Waals surface area contributed by atoms with Crippen LogP contribution in [0.4, 0.5) is 0 Å². The van der Waals surface area contributed by atoms with Crippen molar-refractivity contribution in [3.63, 3.8) is 0 Å². The van der Waals surface area contributed by atoms with Crippen LogP contribution in [-0.4, -0.2) is 173 Å². The summed E-state index contributed by atoms with van der Waals surface area (Å²) in [5.74, 6) is -5.50. The maximum absolute atomic E-state index is 13.6. The van der Waals surface area contributed by atoms with Gasteiger partial charge in [-0.15, -0.1) is 0 Å². The molecule has 14 N–H and O–H groups in total. The molecule has 0 aromatic heterocycles. The lowest BCUT2D eigenvalue weighted by Crippen LogP contribution is -2.44. The number of hydrogen-bond donors (Lipinski definition) is 14. The van der Waals surface area contributed by atoms with Gasteiger partial charge in [0.25, 0.3) is 0 Å². The molecule has 0 spiro atoms. The highest BCUT2D eigenvalue weighted by atomic mass is 16.5. The fourth-order valence-corrected chi connectivity index (χ4v) is 7.38. The highest BCUT2D eigenvalue weighted by molar-refractivity contribution is 5.73. The summed E-state index contributed by atoms with van der Waals surface area (Å²) in [6.45, 7) is -4.99. The van der Waals surface area contributed by atoms with Crippen LogP contribution in [0.15, 0.2) is 0 Å². The van der Waals surface area contributed by atoms with Gasteiger partial charge in [0.1, 0.15) is 12.7 Å². The summed E-state index contributed by atoms with van der Waals surface area (Å²) in [6.07, 6.45) is -0.565. The number of carbonyl (C=O) groups excluding carboxylic acids is 1.